The highest BCUT2D eigenvalue weighted by molar-refractivity contribution is 5.96. The van der Waals surface area contributed by atoms with Crippen LogP contribution in [0, 0.1) is 0 Å². The number of benzene rings is 1. The molecule has 5 nitrogen and oxygen atoms in total. The molecule has 0 aliphatic rings. The second-order valence-electron chi connectivity index (χ2n) is 2.98. The number of carbonyl (C=O) groups excluding carboxylic acids is 2. The van der Waals surface area contributed by atoms with Crippen LogP contribution in [0.3, 0.4) is 0 Å². The zero-order valence-corrected chi connectivity index (χ0v) is 11.1. The molecule has 1 N–H and O–H groups in total. The molecule has 1 aromatic rings. The van der Waals surface area contributed by atoms with Gasteiger partial charge in [0.1, 0.15) is 0 Å². The minimum atomic E-state index is -1.09. The first-order valence-electron chi connectivity index (χ1n) is 5.65. The molecule has 100 valence electrons. The van der Waals surface area contributed by atoms with Crippen molar-refractivity contribution in [3.05, 3.63) is 35.9 Å². The first-order valence-corrected chi connectivity index (χ1v) is 5.65. The number of esters is 1. The van der Waals surface area contributed by atoms with E-state index < -0.39 is 18.1 Å². The molecule has 0 spiro atoms. The minimum Gasteiger partial charge on any atom is -0.466 e. The van der Waals surface area contributed by atoms with E-state index in [9.17, 15) is 9.59 Å². The summed E-state index contributed by atoms with van der Waals surface area (Å²) in [5.41, 5.74) is 0.452. The maximum atomic E-state index is 11.6. The standard InChI is InChI=1S/C11H13NO4.C2H6/c1-15-10(11(14)16-2)12-9(13)8-6-4-3-5-7-8;1-2/h3-7,10H,1-2H3,(H,12,13);1-2H3. The number of rotatable bonds is 4. The van der Waals surface area contributed by atoms with Crippen molar-refractivity contribution in [2.75, 3.05) is 14.2 Å². The van der Waals surface area contributed by atoms with Crippen molar-refractivity contribution < 1.29 is 19.1 Å². The Morgan fingerprint density at radius 1 is 1.11 bits per heavy atom. The van der Waals surface area contributed by atoms with Gasteiger partial charge in [0.15, 0.2) is 0 Å². The normalized spacial score (nSPS) is 10.7. The molecule has 5 heteroatoms. The Kier molecular flexibility index (Phi) is 8.22. The van der Waals surface area contributed by atoms with Crippen LogP contribution in [0.4, 0.5) is 0 Å². The van der Waals surface area contributed by atoms with Crippen molar-refractivity contribution in [3.63, 3.8) is 0 Å². The molecular weight excluding hydrogens is 234 g/mol. The number of methoxy groups -OCH3 is 2. The van der Waals surface area contributed by atoms with Gasteiger partial charge in [-0.05, 0) is 12.1 Å². The highest BCUT2D eigenvalue weighted by Crippen LogP contribution is 1.99. The summed E-state index contributed by atoms with van der Waals surface area (Å²) in [4.78, 5) is 22.8. The van der Waals surface area contributed by atoms with Gasteiger partial charge >= 0.3 is 5.97 Å². The fourth-order valence-electron chi connectivity index (χ4n) is 1.11. The van der Waals surface area contributed by atoms with Crippen molar-refractivity contribution in [3.8, 4) is 0 Å². The van der Waals surface area contributed by atoms with Crippen LogP contribution in [0.1, 0.15) is 24.2 Å². The molecule has 18 heavy (non-hydrogen) atoms. The summed E-state index contributed by atoms with van der Waals surface area (Å²) < 4.78 is 9.25. The zero-order valence-electron chi connectivity index (χ0n) is 11.1. The maximum Gasteiger partial charge on any atom is 0.356 e. The van der Waals surface area contributed by atoms with Gasteiger partial charge in [-0.25, -0.2) is 4.79 Å². The van der Waals surface area contributed by atoms with Gasteiger partial charge in [0.25, 0.3) is 5.91 Å². The lowest BCUT2D eigenvalue weighted by Gasteiger charge is -2.14. The molecule has 0 saturated carbocycles. The van der Waals surface area contributed by atoms with Crippen LogP contribution in [0.5, 0.6) is 0 Å². The molecule has 0 aromatic heterocycles. The summed E-state index contributed by atoms with van der Waals surface area (Å²) >= 11 is 0. The van der Waals surface area contributed by atoms with Gasteiger partial charge in [0.2, 0.25) is 6.23 Å². The lowest BCUT2D eigenvalue weighted by molar-refractivity contribution is -0.153. The molecule has 0 bridgehead atoms. The monoisotopic (exact) mass is 253 g/mol. The summed E-state index contributed by atoms with van der Waals surface area (Å²) in [6, 6.07) is 8.54. The van der Waals surface area contributed by atoms with Crippen molar-refractivity contribution in [1.82, 2.24) is 5.32 Å². The van der Waals surface area contributed by atoms with E-state index in [2.05, 4.69) is 10.1 Å². The van der Waals surface area contributed by atoms with E-state index in [1.807, 2.05) is 13.8 Å². The topological polar surface area (TPSA) is 64.6 Å². The molecule has 1 atom stereocenters. The van der Waals surface area contributed by atoms with E-state index in [0.717, 1.165) is 0 Å². The molecule has 0 saturated heterocycles. The Balaban J connectivity index is 0.00000137. The lowest BCUT2D eigenvalue weighted by atomic mass is 10.2. The van der Waals surface area contributed by atoms with E-state index >= 15 is 0 Å². The third-order valence-corrected chi connectivity index (χ3v) is 1.95. The Morgan fingerprint density at radius 3 is 2.11 bits per heavy atom. The van der Waals surface area contributed by atoms with E-state index in [4.69, 9.17) is 4.74 Å². The van der Waals surface area contributed by atoms with Gasteiger partial charge in [-0.15, -0.1) is 0 Å². The highest BCUT2D eigenvalue weighted by atomic mass is 16.6. The third-order valence-electron chi connectivity index (χ3n) is 1.95. The van der Waals surface area contributed by atoms with E-state index in [1.165, 1.54) is 14.2 Å². The zero-order chi connectivity index (χ0) is 14.0. The quantitative estimate of drug-likeness (QED) is 0.653. The second kappa shape index (κ2) is 9.18. The largest absolute Gasteiger partial charge is 0.466 e. The van der Waals surface area contributed by atoms with Gasteiger partial charge in [-0.3, -0.25) is 4.79 Å². The van der Waals surface area contributed by atoms with Gasteiger partial charge in [-0.2, -0.15) is 0 Å². The number of carbonyl (C=O) groups is 2. The predicted molar refractivity (Wildman–Crippen MR) is 68.1 cm³/mol. The number of hydrogen-bond donors (Lipinski definition) is 1. The van der Waals surface area contributed by atoms with Gasteiger partial charge < -0.3 is 14.8 Å². The van der Waals surface area contributed by atoms with E-state index in [-0.39, 0.29) is 0 Å². The molecular formula is C13H19NO4. The molecule has 1 amide bonds. The Morgan fingerprint density at radius 2 is 1.67 bits per heavy atom. The van der Waals surface area contributed by atoms with Crippen molar-refractivity contribution >= 4 is 11.9 Å². The summed E-state index contributed by atoms with van der Waals surface area (Å²) in [5.74, 6) is -1.04. The predicted octanol–water partition coefficient (Wildman–Crippen LogP) is 1.59. The summed E-state index contributed by atoms with van der Waals surface area (Å²) in [6.07, 6.45) is -1.09. The summed E-state index contributed by atoms with van der Waals surface area (Å²) in [6.45, 7) is 4.00. The number of hydrogen-bond acceptors (Lipinski definition) is 4. The lowest BCUT2D eigenvalue weighted by Crippen LogP contribution is -2.42. The van der Waals surface area contributed by atoms with Crippen molar-refractivity contribution in [2.45, 2.75) is 20.1 Å². The SMILES string of the molecule is CC.COC(=O)C(NC(=O)c1ccccc1)OC. The molecule has 0 heterocycles. The Bertz CT molecular complexity index is 365. The first kappa shape index (κ1) is 16.1. The average molecular weight is 253 g/mol. The van der Waals surface area contributed by atoms with Gasteiger partial charge in [0.05, 0.1) is 7.11 Å². The van der Waals surface area contributed by atoms with E-state index in [1.54, 1.807) is 30.3 Å². The molecule has 0 fully saturated rings. The summed E-state index contributed by atoms with van der Waals surface area (Å²) in [7, 11) is 2.54. The molecule has 0 aliphatic heterocycles. The van der Waals surface area contributed by atoms with Crippen LogP contribution in [-0.4, -0.2) is 32.3 Å². The van der Waals surface area contributed by atoms with Crippen LogP contribution in [0.15, 0.2) is 30.3 Å². The van der Waals surface area contributed by atoms with Crippen LogP contribution in [-0.2, 0) is 14.3 Å². The Labute approximate surface area is 107 Å². The molecule has 1 aromatic carbocycles. The Hall–Kier alpha value is -1.88. The summed E-state index contributed by atoms with van der Waals surface area (Å²) in [5, 5.41) is 2.40. The van der Waals surface area contributed by atoms with Crippen LogP contribution in [0.2, 0.25) is 0 Å². The fourth-order valence-corrected chi connectivity index (χ4v) is 1.11. The molecule has 1 rings (SSSR count). The van der Waals surface area contributed by atoms with Gasteiger partial charge in [-0.1, -0.05) is 32.0 Å². The van der Waals surface area contributed by atoms with Crippen molar-refractivity contribution in [2.24, 2.45) is 0 Å². The maximum absolute atomic E-state index is 11.6. The molecule has 0 radical (unpaired) electrons. The molecule has 1 unspecified atom stereocenters. The first-order chi connectivity index (χ1) is 8.69. The average Bonchev–Trinajstić information content (AvgIpc) is 2.46. The number of amides is 1. The fraction of sp³-hybridized carbons (Fsp3) is 0.385. The number of nitrogens with one attached hydrogen (secondary N) is 1. The van der Waals surface area contributed by atoms with Crippen LogP contribution < -0.4 is 5.32 Å². The molecule has 0 aliphatic carbocycles. The van der Waals surface area contributed by atoms with Crippen LogP contribution in [0.25, 0.3) is 0 Å². The third kappa shape index (κ3) is 4.97. The van der Waals surface area contributed by atoms with Gasteiger partial charge in [0, 0.05) is 12.7 Å². The van der Waals surface area contributed by atoms with Crippen molar-refractivity contribution in [1.29, 1.82) is 0 Å². The van der Waals surface area contributed by atoms with E-state index in [0.29, 0.717) is 5.56 Å². The second-order valence-corrected chi connectivity index (χ2v) is 2.98. The minimum absolute atomic E-state index is 0.391. The number of ether oxygens (including phenoxy) is 2. The van der Waals surface area contributed by atoms with Crippen LogP contribution >= 0.6 is 0 Å². The highest BCUT2D eigenvalue weighted by Gasteiger charge is 2.20. The smallest absolute Gasteiger partial charge is 0.356 e.